The molecule has 1 aliphatic heterocycles. The smallest absolute Gasteiger partial charge is 0.265 e. The van der Waals surface area contributed by atoms with E-state index in [0.717, 1.165) is 21.2 Å². The summed E-state index contributed by atoms with van der Waals surface area (Å²) in [7, 11) is 4.15. The minimum atomic E-state index is 0.763. The van der Waals surface area contributed by atoms with Crippen molar-refractivity contribution in [3.8, 4) is 0 Å². The maximum Gasteiger partial charge on any atom is 0.265 e. The van der Waals surface area contributed by atoms with Crippen LogP contribution in [0.5, 0.6) is 0 Å². The van der Waals surface area contributed by atoms with E-state index in [1.165, 1.54) is 19.6 Å². The highest BCUT2D eigenvalue weighted by atomic mass is 35.5. The second-order valence-corrected chi connectivity index (χ2v) is 8.36. The van der Waals surface area contributed by atoms with E-state index in [2.05, 4.69) is 41.8 Å². The molecule has 2 aromatic carbocycles. The zero-order chi connectivity index (χ0) is 16.1. The number of thiazole rings is 1. The SMILES string of the molecule is CN1/C(=C/c2sc3ccc(Cl)cc3[n+]2C)Sc2ccc(Cl)cc21. The van der Waals surface area contributed by atoms with Crippen molar-refractivity contribution in [2.75, 3.05) is 11.9 Å². The number of nitrogens with zero attached hydrogens (tertiary/aromatic N) is 2. The molecule has 116 valence electrons. The summed E-state index contributed by atoms with van der Waals surface area (Å²) >= 11 is 15.8. The van der Waals surface area contributed by atoms with Crippen LogP contribution in [0.4, 0.5) is 5.69 Å². The molecule has 0 spiro atoms. The van der Waals surface area contributed by atoms with E-state index >= 15 is 0 Å². The fourth-order valence-corrected chi connectivity index (χ4v) is 5.18. The van der Waals surface area contributed by atoms with Crippen molar-refractivity contribution in [2.24, 2.45) is 7.05 Å². The van der Waals surface area contributed by atoms with Gasteiger partial charge in [0, 0.05) is 28.1 Å². The molecule has 6 heteroatoms. The molecule has 0 unspecified atom stereocenters. The second kappa shape index (κ2) is 5.71. The number of aromatic nitrogens is 1. The fourth-order valence-electron chi connectivity index (χ4n) is 2.64. The Kier molecular flexibility index (Phi) is 3.81. The Labute approximate surface area is 152 Å². The van der Waals surface area contributed by atoms with Crippen LogP contribution >= 0.6 is 46.3 Å². The second-order valence-electron chi connectivity index (χ2n) is 5.37. The minimum Gasteiger partial charge on any atom is -0.338 e. The highest BCUT2D eigenvalue weighted by molar-refractivity contribution is 8.03. The van der Waals surface area contributed by atoms with Gasteiger partial charge < -0.3 is 4.90 Å². The molecule has 0 N–H and O–H groups in total. The van der Waals surface area contributed by atoms with E-state index in [1.54, 1.807) is 23.1 Å². The predicted molar refractivity (Wildman–Crippen MR) is 102 cm³/mol. The molecule has 23 heavy (non-hydrogen) atoms. The summed E-state index contributed by atoms with van der Waals surface area (Å²) in [6.45, 7) is 0. The number of fused-ring (bicyclic) bond motifs is 2. The van der Waals surface area contributed by atoms with Crippen LogP contribution in [0.2, 0.25) is 10.0 Å². The molecular weight excluding hydrogens is 367 g/mol. The molecule has 0 atom stereocenters. The monoisotopic (exact) mass is 379 g/mol. The van der Waals surface area contributed by atoms with Gasteiger partial charge in [-0.25, -0.2) is 0 Å². The standard InChI is InChI=1S/C17H13Cl2N2S2/c1-20-12-7-10(18)3-5-14(12)22-16(20)9-17-21(2)13-8-11(19)4-6-15(13)23-17/h3-9H,1-2H3/q+1. The third-order valence-electron chi connectivity index (χ3n) is 3.90. The third kappa shape index (κ3) is 2.64. The van der Waals surface area contributed by atoms with Crippen LogP contribution in [0.1, 0.15) is 5.01 Å². The molecule has 1 aliphatic rings. The Morgan fingerprint density at radius 2 is 1.83 bits per heavy atom. The largest absolute Gasteiger partial charge is 0.338 e. The van der Waals surface area contributed by atoms with Crippen molar-refractivity contribution in [2.45, 2.75) is 4.90 Å². The first-order chi connectivity index (χ1) is 11.0. The van der Waals surface area contributed by atoms with Crippen molar-refractivity contribution < 1.29 is 4.57 Å². The van der Waals surface area contributed by atoms with Crippen molar-refractivity contribution >= 4 is 68.3 Å². The molecule has 1 aromatic heterocycles. The molecule has 2 nitrogen and oxygen atoms in total. The summed E-state index contributed by atoms with van der Waals surface area (Å²) in [4.78, 5) is 3.42. The first-order valence-corrected chi connectivity index (χ1v) is 9.43. The first-order valence-electron chi connectivity index (χ1n) is 7.04. The van der Waals surface area contributed by atoms with Gasteiger partial charge in [0.05, 0.1) is 16.8 Å². The number of hydrogen-bond acceptors (Lipinski definition) is 3. The van der Waals surface area contributed by atoms with E-state index in [-0.39, 0.29) is 0 Å². The summed E-state index contributed by atoms with van der Waals surface area (Å²) in [5.74, 6) is 0. The maximum absolute atomic E-state index is 6.12. The van der Waals surface area contributed by atoms with Crippen LogP contribution in [0.25, 0.3) is 16.3 Å². The van der Waals surface area contributed by atoms with Crippen molar-refractivity contribution in [1.29, 1.82) is 0 Å². The van der Waals surface area contributed by atoms with E-state index in [4.69, 9.17) is 23.2 Å². The molecular formula is C17H13Cl2N2S2+. The summed E-state index contributed by atoms with van der Waals surface area (Å²) in [5, 5.41) is 3.91. The summed E-state index contributed by atoms with van der Waals surface area (Å²) in [6, 6.07) is 12.0. The average molecular weight is 380 g/mol. The number of rotatable bonds is 1. The average Bonchev–Trinajstić information content (AvgIpc) is 2.99. The Morgan fingerprint density at radius 3 is 2.65 bits per heavy atom. The van der Waals surface area contributed by atoms with E-state index in [1.807, 2.05) is 24.3 Å². The van der Waals surface area contributed by atoms with Gasteiger partial charge in [0.25, 0.3) is 5.01 Å². The molecule has 0 radical (unpaired) electrons. The van der Waals surface area contributed by atoms with Crippen LogP contribution < -0.4 is 9.47 Å². The van der Waals surface area contributed by atoms with Crippen LogP contribution in [0, 0.1) is 0 Å². The van der Waals surface area contributed by atoms with Gasteiger partial charge >= 0.3 is 0 Å². The predicted octanol–water partition coefficient (Wildman–Crippen LogP) is 5.57. The van der Waals surface area contributed by atoms with Crippen LogP contribution in [-0.2, 0) is 7.05 Å². The number of benzene rings is 2. The highest BCUT2D eigenvalue weighted by Gasteiger charge is 2.24. The fraction of sp³-hybridized carbons (Fsp3) is 0.118. The number of thioether (sulfide) groups is 1. The molecule has 0 bridgehead atoms. The van der Waals surface area contributed by atoms with Crippen LogP contribution in [0.3, 0.4) is 0 Å². The van der Waals surface area contributed by atoms with E-state index < -0.39 is 0 Å². The summed E-state index contributed by atoms with van der Waals surface area (Å²) < 4.78 is 3.42. The Morgan fingerprint density at radius 1 is 1.09 bits per heavy atom. The number of halogens is 2. The summed E-state index contributed by atoms with van der Waals surface area (Å²) in [5.41, 5.74) is 2.31. The van der Waals surface area contributed by atoms with Crippen molar-refractivity contribution in [3.05, 3.63) is 56.5 Å². The van der Waals surface area contributed by atoms with Gasteiger partial charge in [-0.15, -0.1) is 0 Å². The van der Waals surface area contributed by atoms with Crippen LogP contribution in [-0.4, -0.2) is 7.05 Å². The Bertz CT molecular complexity index is 963. The molecule has 0 saturated heterocycles. The van der Waals surface area contributed by atoms with Gasteiger partial charge in [-0.1, -0.05) is 46.3 Å². The quantitative estimate of drug-likeness (QED) is 0.510. The lowest BCUT2D eigenvalue weighted by Crippen LogP contribution is -2.29. The molecule has 0 aliphatic carbocycles. The van der Waals surface area contributed by atoms with Gasteiger partial charge in [-0.3, -0.25) is 0 Å². The molecule has 0 saturated carbocycles. The van der Waals surface area contributed by atoms with E-state index in [9.17, 15) is 0 Å². The summed E-state index contributed by atoms with van der Waals surface area (Å²) in [6.07, 6.45) is 2.22. The zero-order valence-electron chi connectivity index (χ0n) is 12.5. The van der Waals surface area contributed by atoms with Gasteiger partial charge in [0.2, 0.25) is 5.52 Å². The third-order valence-corrected chi connectivity index (χ3v) is 6.70. The minimum absolute atomic E-state index is 0.763. The molecule has 3 aromatic rings. The molecule has 2 heterocycles. The Balaban J connectivity index is 1.79. The lowest BCUT2D eigenvalue weighted by Gasteiger charge is -2.12. The van der Waals surface area contributed by atoms with E-state index in [0.29, 0.717) is 0 Å². The van der Waals surface area contributed by atoms with Gasteiger partial charge in [0.15, 0.2) is 0 Å². The van der Waals surface area contributed by atoms with Crippen molar-refractivity contribution in [3.63, 3.8) is 0 Å². The topological polar surface area (TPSA) is 7.12 Å². The van der Waals surface area contributed by atoms with Crippen molar-refractivity contribution in [1.82, 2.24) is 0 Å². The lowest BCUT2D eigenvalue weighted by molar-refractivity contribution is -0.642. The van der Waals surface area contributed by atoms with Gasteiger partial charge in [-0.05, 0) is 30.3 Å². The van der Waals surface area contributed by atoms with Gasteiger partial charge in [0.1, 0.15) is 11.7 Å². The van der Waals surface area contributed by atoms with Crippen LogP contribution in [0.15, 0.2) is 46.3 Å². The number of anilines is 1. The molecule has 0 amide bonds. The maximum atomic E-state index is 6.12. The molecule has 4 rings (SSSR count). The Hall–Kier alpha value is -1.20. The molecule has 0 fully saturated rings. The van der Waals surface area contributed by atoms with Gasteiger partial charge in [-0.2, -0.15) is 4.57 Å². The number of aryl methyl sites for hydroxylation is 1. The first kappa shape index (κ1) is 15.3. The lowest BCUT2D eigenvalue weighted by atomic mass is 10.3. The zero-order valence-corrected chi connectivity index (χ0v) is 15.7. The highest BCUT2D eigenvalue weighted by Crippen LogP contribution is 2.46. The normalized spacial score (nSPS) is 15.7. The number of hydrogen-bond donors (Lipinski definition) is 0.